The van der Waals surface area contributed by atoms with Crippen molar-refractivity contribution in [3.63, 3.8) is 0 Å². The molecule has 6 heteroatoms. The number of carbonyl (C=O) groups is 1. The zero-order valence-electron chi connectivity index (χ0n) is 12.1. The van der Waals surface area contributed by atoms with Crippen molar-refractivity contribution in [2.24, 2.45) is 0 Å². The minimum atomic E-state index is -0.154. The van der Waals surface area contributed by atoms with E-state index in [2.05, 4.69) is 11.1 Å². The smallest absolute Gasteiger partial charge is 0.180 e. The van der Waals surface area contributed by atoms with E-state index >= 15 is 0 Å². The predicted octanol–water partition coefficient (Wildman–Crippen LogP) is 5.28. The van der Waals surface area contributed by atoms with E-state index in [1.807, 2.05) is 26.0 Å². The van der Waals surface area contributed by atoms with Crippen LogP contribution in [0.5, 0.6) is 0 Å². The molecule has 0 aliphatic rings. The van der Waals surface area contributed by atoms with Crippen LogP contribution in [-0.4, -0.2) is 10.8 Å². The molecule has 1 N–H and O–H groups in total. The maximum absolute atomic E-state index is 12.2. The van der Waals surface area contributed by atoms with Gasteiger partial charge < -0.3 is 4.98 Å². The fourth-order valence-electron chi connectivity index (χ4n) is 2.37. The third kappa shape index (κ3) is 3.30. The minimum absolute atomic E-state index is 0.154. The Morgan fingerprint density at radius 3 is 2.23 bits per heavy atom. The molecular weight excluding hydrogens is 343 g/mol. The van der Waals surface area contributed by atoms with Gasteiger partial charge in [-0.25, -0.2) is 0 Å². The molecule has 0 saturated heterocycles. The number of halogens is 3. The maximum atomic E-state index is 12.2. The van der Waals surface area contributed by atoms with Gasteiger partial charge in [-0.3, -0.25) is 4.79 Å². The van der Waals surface area contributed by atoms with Gasteiger partial charge in [0.15, 0.2) is 5.78 Å². The minimum Gasteiger partial charge on any atom is -0.341 e. The molecule has 0 fully saturated rings. The summed E-state index contributed by atoms with van der Waals surface area (Å²) >= 11 is 17.6. The van der Waals surface area contributed by atoms with E-state index < -0.39 is 0 Å². The summed E-state index contributed by atoms with van der Waals surface area (Å²) in [7, 11) is 0. The number of aryl methyl sites for hydroxylation is 3. The Hall–Kier alpha value is -1.47. The standard InChI is InChI=1S/C16H13Cl3N2O/c1-8-5-10(6-9(2)11(8)7-20)3-4-12(22)15-13(17)14(18)16(19)21-15/h5-6,21H,3-4H2,1-2H3. The fourth-order valence-corrected chi connectivity index (χ4v) is 3.00. The lowest BCUT2D eigenvalue weighted by Crippen LogP contribution is -2.03. The molecule has 0 aliphatic carbocycles. The molecule has 0 aliphatic heterocycles. The molecule has 0 saturated carbocycles. The Morgan fingerprint density at radius 2 is 1.77 bits per heavy atom. The number of benzene rings is 1. The third-order valence-corrected chi connectivity index (χ3v) is 4.70. The highest BCUT2D eigenvalue weighted by Crippen LogP contribution is 2.33. The number of hydrogen-bond acceptors (Lipinski definition) is 2. The molecule has 2 aromatic rings. The van der Waals surface area contributed by atoms with E-state index in [-0.39, 0.29) is 33.1 Å². The number of ketones is 1. The molecule has 22 heavy (non-hydrogen) atoms. The van der Waals surface area contributed by atoms with Crippen molar-refractivity contribution in [3.05, 3.63) is 55.3 Å². The lowest BCUT2D eigenvalue weighted by Gasteiger charge is -2.07. The molecule has 3 nitrogen and oxygen atoms in total. The van der Waals surface area contributed by atoms with Crippen molar-refractivity contribution < 1.29 is 4.79 Å². The van der Waals surface area contributed by atoms with Crippen LogP contribution >= 0.6 is 34.8 Å². The summed E-state index contributed by atoms with van der Waals surface area (Å²) in [5, 5.41) is 9.55. The van der Waals surface area contributed by atoms with Crippen LogP contribution in [0.1, 0.15) is 39.2 Å². The van der Waals surface area contributed by atoms with Crippen molar-refractivity contribution in [3.8, 4) is 6.07 Å². The Morgan fingerprint density at radius 1 is 1.18 bits per heavy atom. The second kappa shape index (κ2) is 6.75. The van der Waals surface area contributed by atoms with Crippen LogP contribution in [0.4, 0.5) is 0 Å². The van der Waals surface area contributed by atoms with Crippen LogP contribution in [0, 0.1) is 25.2 Å². The maximum Gasteiger partial charge on any atom is 0.180 e. The highest BCUT2D eigenvalue weighted by molar-refractivity contribution is 6.49. The number of H-pyrrole nitrogens is 1. The summed E-state index contributed by atoms with van der Waals surface area (Å²) in [5.41, 5.74) is 3.74. The van der Waals surface area contributed by atoms with Gasteiger partial charge in [-0.05, 0) is 37.0 Å². The Labute approximate surface area is 143 Å². The summed E-state index contributed by atoms with van der Waals surface area (Å²) in [6.45, 7) is 3.77. The first-order chi connectivity index (χ1) is 10.3. The first kappa shape index (κ1) is 16.9. The van der Waals surface area contributed by atoms with E-state index in [9.17, 15) is 4.79 Å². The van der Waals surface area contributed by atoms with Gasteiger partial charge in [0, 0.05) is 6.42 Å². The van der Waals surface area contributed by atoms with Crippen LogP contribution in [0.3, 0.4) is 0 Å². The van der Waals surface area contributed by atoms with Gasteiger partial charge in [0.2, 0.25) is 0 Å². The van der Waals surface area contributed by atoms with E-state index in [1.165, 1.54) is 0 Å². The number of carbonyl (C=O) groups excluding carboxylic acids is 1. The summed E-state index contributed by atoms with van der Waals surface area (Å²) in [6.07, 6.45) is 0.828. The largest absolute Gasteiger partial charge is 0.341 e. The van der Waals surface area contributed by atoms with Gasteiger partial charge in [-0.2, -0.15) is 5.26 Å². The molecule has 1 heterocycles. The van der Waals surface area contributed by atoms with Gasteiger partial charge in [-0.15, -0.1) is 0 Å². The number of aromatic amines is 1. The molecule has 1 aromatic carbocycles. The molecule has 2 rings (SSSR count). The molecule has 0 spiro atoms. The van der Waals surface area contributed by atoms with Crippen LogP contribution in [0.2, 0.25) is 15.2 Å². The average molecular weight is 356 g/mol. The number of nitrogens with one attached hydrogen (secondary N) is 1. The van der Waals surface area contributed by atoms with Gasteiger partial charge >= 0.3 is 0 Å². The second-order valence-corrected chi connectivity index (χ2v) is 6.22. The van der Waals surface area contributed by atoms with Crippen molar-refractivity contribution in [1.29, 1.82) is 5.26 Å². The Bertz CT molecular complexity index is 764. The molecule has 0 atom stereocenters. The number of nitriles is 1. The molecule has 1 aromatic heterocycles. The fraction of sp³-hybridized carbons (Fsp3) is 0.250. The summed E-state index contributed by atoms with van der Waals surface area (Å²) in [4.78, 5) is 14.9. The highest BCUT2D eigenvalue weighted by Gasteiger charge is 2.18. The molecule has 0 bridgehead atoms. The topological polar surface area (TPSA) is 56.6 Å². The van der Waals surface area contributed by atoms with Gasteiger partial charge in [0.25, 0.3) is 0 Å². The van der Waals surface area contributed by atoms with E-state index in [1.54, 1.807) is 0 Å². The highest BCUT2D eigenvalue weighted by atomic mass is 35.5. The van der Waals surface area contributed by atoms with Crippen molar-refractivity contribution in [2.45, 2.75) is 26.7 Å². The predicted molar refractivity (Wildman–Crippen MR) is 89.1 cm³/mol. The van der Waals surface area contributed by atoms with Crippen molar-refractivity contribution in [1.82, 2.24) is 4.98 Å². The third-order valence-electron chi connectivity index (χ3n) is 3.46. The summed E-state index contributed by atoms with van der Waals surface area (Å²) in [5.74, 6) is -0.154. The summed E-state index contributed by atoms with van der Waals surface area (Å²) < 4.78 is 0. The lowest BCUT2D eigenvalue weighted by atomic mass is 9.97. The van der Waals surface area contributed by atoms with Crippen LogP contribution in [0.15, 0.2) is 12.1 Å². The van der Waals surface area contributed by atoms with Crippen LogP contribution < -0.4 is 0 Å². The van der Waals surface area contributed by atoms with Crippen molar-refractivity contribution in [2.75, 3.05) is 0 Å². The van der Waals surface area contributed by atoms with Crippen LogP contribution in [0.25, 0.3) is 0 Å². The first-order valence-electron chi connectivity index (χ1n) is 6.61. The number of nitrogens with zero attached hydrogens (tertiary/aromatic N) is 1. The van der Waals surface area contributed by atoms with Gasteiger partial charge in [0.1, 0.15) is 10.8 Å². The van der Waals surface area contributed by atoms with E-state index in [0.29, 0.717) is 12.0 Å². The normalized spacial score (nSPS) is 10.5. The van der Waals surface area contributed by atoms with Gasteiger partial charge in [-0.1, -0.05) is 46.9 Å². The number of rotatable bonds is 4. The lowest BCUT2D eigenvalue weighted by molar-refractivity contribution is 0.0979. The van der Waals surface area contributed by atoms with Crippen LogP contribution in [-0.2, 0) is 6.42 Å². The number of aromatic nitrogens is 1. The van der Waals surface area contributed by atoms with Gasteiger partial charge in [0.05, 0.1) is 21.7 Å². The monoisotopic (exact) mass is 354 g/mol. The van der Waals surface area contributed by atoms with E-state index in [0.717, 1.165) is 16.7 Å². The summed E-state index contributed by atoms with van der Waals surface area (Å²) in [6, 6.07) is 6.03. The van der Waals surface area contributed by atoms with E-state index in [4.69, 9.17) is 40.1 Å². The SMILES string of the molecule is Cc1cc(CCC(=O)c2[nH]c(Cl)c(Cl)c2Cl)cc(C)c1C#N. The zero-order chi connectivity index (χ0) is 16.4. The zero-order valence-corrected chi connectivity index (χ0v) is 14.3. The number of hydrogen-bond donors (Lipinski definition) is 1. The molecule has 0 unspecified atom stereocenters. The number of Topliss-reactive ketones (excluding diaryl/α,β-unsaturated/α-hetero) is 1. The second-order valence-electron chi connectivity index (χ2n) is 5.08. The molecule has 0 amide bonds. The quantitative estimate of drug-likeness (QED) is 0.759. The molecule has 0 radical (unpaired) electrons. The Kier molecular flexibility index (Phi) is 5.18. The Balaban J connectivity index is 2.15. The molecular formula is C16H13Cl3N2O. The first-order valence-corrected chi connectivity index (χ1v) is 7.74. The average Bonchev–Trinajstić information content (AvgIpc) is 2.72. The van der Waals surface area contributed by atoms with Crippen molar-refractivity contribution >= 4 is 40.6 Å². The molecule has 114 valence electrons.